The normalized spacial score (nSPS) is 17.0. The Bertz CT molecular complexity index is 449. The number of amides is 1. The van der Waals surface area contributed by atoms with Crippen molar-refractivity contribution in [2.45, 2.75) is 84.8 Å². The number of carbonyl (C=O) groups is 2. The number of allylic oxidation sites excluding steroid dienone is 1. The van der Waals surface area contributed by atoms with Gasteiger partial charge in [0.2, 0.25) is 0 Å². The van der Waals surface area contributed by atoms with Crippen molar-refractivity contribution < 1.29 is 19.1 Å². The zero-order chi connectivity index (χ0) is 17.7. The van der Waals surface area contributed by atoms with E-state index in [0.29, 0.717) is 5.92 Å². The fourth-order valence-corrected chi connectivity index (χ4v) is 2.46. The highest BCUT2D eigenvalue weighted by atomic mass is 16.6. The molecule has 0 spiro atoms. The van der Waals surface area contributed by atoms with Crippen molar-refractivity contribution in [1.29, 1.82) is 0 Å². The summed E-state index contributed by atoms with van der Waals surface area (Å²) in [7, 11) is 0. The largest absolute Gasteiger partial charge is 0.455 e. The number of carbonyl (C=O) groups excluding carboxylic acids is 2. The molecule has 1 rings (SSSR count). The van der Waals surface area contributed by atoms with Gasteiger partial charge in [0, 0.05) is 0 Å². The summed E-state index contributed by atoms with van der Waals surface area (Å²) in [5, 5.41) is 2.55. The third-order valence-corrected chi connectivity index (χ3v) is 3.38. The summed E-state index contributed by atoms with van der Waals surface area (Å²) in [6.45, 7) is 10.7. The number of hydrogen-bond acceptors (Lipinski definition) is 4. The lowest BCUT2D eigenvalue weighted by Gasteiger charge is -2.23. The average Bonchev–Trinajstić information content (AvgIpc) is 2.82. The number of ether oxygens (including phenoxy) is 2. The highest BCUT2D eigenvalue weighted by Gasteiger charge is 2.24. The molecule has 0 aromatic rings. The molecule has 5 nitrogen and oxygen atoms in total. The quantitative estimate of drug-likeness (QED) is 0.617. The first-order chi connectivity index (χ1) is 10.5. The van der Waals surface area contributed by atoms with Crippen molar-refractivity contribution >= 4 is 12.1 Å². The van der Waals surface area contributed by atoms with Gasteiger partial charge < -0.3 is 9.47 Å². The first-order valence-corrected chi connectivity index (χ1v) is 8.40. The maximum atomic E-state index is 12.3. The standard InChI is InChI=1S/C18H31NO4/c1-17(2,3)22-15(20)14(12-11-13-9-7-8-10-13)19-16(21)23-18(4,5)6/h12-13H,7-11H2,1-6H3,(H,19,21). The molecule has 0 radical (unpaired) electrons. The van der Waals surface area contributed by atoms with E-state index >= 15 is 0 Å². The topological polar surface area (TPSA) is 64.6 Å². The number of nitrogens with one attached hydrogen (secondary N) is 1. The smallest absolute Gasteiger partial charge is 0.412 e. The molecule has 23 heavy (non-hydrogen) atoms. The third-order valence-electron chi connectivity index (χ3n) is 3.38. The van der Waals surface area contributed by atoms with Crippen molar-refractivity contribution in [2.24, 2.45) is 5.92 Å². The highest BCUT2D eigenvalue weighted by Crippen LogP contribution is 2.28. The Morgan fingerprint density at radius 3 is 2.00 bits per heavy atom. The SMILES string of the molecule is CC(C)(C)OC(=O)NC(=CCC1CCCC1)C(=O)OC(C)(C)C. The summed E-state index contributed by atoms with van der Waals surface area (Å²) in [6.07, 6.45) is 6.72. The number of alkyl carbamates (subject to hydrolysis) is 1. The van der Waals surface area contributed by atoms with Gasteiger partial charge in [-0.25, -0.2) is 9.59 Å². The van der Waals surface area contributed by atoms with Crippen LogP contribution in [0.2, 0.25) is 0 Å². The second-order valence-corrected chi connectivity index (χ2v) is 8.13. The molecule has 132 valence electrons. The van der Waals surface area contributed by atoms with Crippen molar-refractivity contribution in [3.05, 3.63) is 11.8 Å². The molecule has 0 aromatic carbocycles. The molecule has 0 saturated heterocycles. The summed E-state index contributed by atoms with van der Waals surface area (Å²) in [5.41, 5.74) is -1.06. The molecule has 1 aliphatic rings. The summed E-state index contributed by atoms with van der Waals surface area (Å²) >= 11 is 0. The van der Waals surface area contributed by atoms with Crippen LogP contribution in [0, 0.1) is 5.92 Å². The minimum absolute atomic E-state index is 0.168. The van der Waals surface area contributed by atoms with Gasteiger partial charge in [-0.2, -0.15) is 0 Å². The van der Waals surface area contributed by atoms with E-state index in [1.165, 1.54) is 25.7 Å². The number of esters is 1. The molecule has 1 amide bonds. The molecule has 0 aliphatic heterocycles. The maximum Gasteiger partial charge on any atom is 0.412 e. The Morgan fingerprint density at radius 2 is 1.52 bits per heavy atom. The van der Waals surface area contributed by atoms with Crippen molar-refractivity contribution in [3.8, 4) is 0 Å². The van der Waals surface area contributed by atoms with Gasteiger partial charge in [0.1, 0.15) is 16.9 Å². The molecule has 1 aliphatic carbocycles. The van der Waals surface area contributed by atoms with E-state index < -0.39 is 23.3 Å². The van der Waals surface area contributed by atoms with Crippen LogP contribution < -0.4 is 5.32 Å². The second kappa shape index (κ2) is 7.84. The van der Waals surface area contributed by atoms with Gasteiger partial charge in [0.15, 0.2) is 0 Å². The molecule has 0 unspecified atom stereocenters. The zero-order valence-electron chi connectivity index (χ0n) is 15.3. The van der Waals surface area contributed by atoms with Gasteiger partial charge in [-0.1, -0.05) is 31.8 Å². The van der Waals surface area contributed by atoms with E-state index in [9.17, 15) is 9.59 Å². The van der Waals surface area contributed by atoms with Gasteiger partial charge in [-0.15, -0.1) is 0 Å². The van der Waals surface area contributed by atoms with Crippen LogP contribution >= 0.6 is 0 Å². The first-order valence-electron chi connectivity index (χ1n) is 8.40. The van der Waals surface area contributed by atoms with Gasteiger partial charge in [0.05, 0.1) is 0 Å². The molecule has 1 fully saturated rings. The van der Waals surface area contributed by atoms with E-state index in [0.717, 1.165) is 6.42 Å². The van der Waals surface area contributed by atoms with E-state index in [-0.39, 0.29) is 5.70 Å². The molecule has 1 saturated carbocycles. The van der Waals surface area contributed by atoms with Crippen LogP contribution in [0.1, 0.15) is 73.6 Å². The average molecular weight is 325 g/mol. The Morgan fingerprint density at radius 1 is 1.00 bits per heavy atom. The second-order valence-electron chi connectivity index (χ2n) is 8.13. The lowest BCUT2D eigenvalue weighted by molar-refractivity contribution is -0.150. The molecule has 0 atom stereocenters. The van der Waals surface area contributed by atoms with E-state index in [4.69, 9.17) is 9.47 Å². The maximum absolute atomic E-state index is 12.3. The van der Waals surface area contributed by atoms with Crippen LogP contribution in [0.5, 0.6) is 0 Å². The first kappa shape index (κ1) is 19.5. The van der Waals surface area contributed by atoms with E-state index in [2.05, 4.69) is 5.32 Å². The Kier molecular flexibility index (Phi) is 6.66. The lowest BCUT2D eigenvalue weighted by Crippen LogP contribution is -2.36. The Hall–Kier alpha value is -1.52. The van der Waals surface area contributed by atoms with E-state index in [1.807, 2.05) is 0 Å². The van der Waals surface area contributed by atoms with Crippen LogP contribution in [0.3, 0.4) is 0 Å². The predicted octanol–water partition coefficient (Wildman–Crippen LogP) is 4.32. The third kappa shape index (κ3) is 8.62. The monoisotopic (exact) mass is 325 g/mol. The Balaban J connectivity index is 2.76. The van der Waals surface area contributed by atoms with Crippen LogP contribution in [0.25, 0.3) is 0 Å². The van der Waals surface area contributed by atoms with Crippen LogP contribution in [0.15, 0.2) is 11.8 Å². The van der Waals surface area contributed by atoms with E-state index in [1.54, 1.807) is 47.6 Å². The molecule has 5 heteroatoms. The van der Waals surface area contributed by atoms with Crippen molar-refractivity contribution in [1.82, 2.24) is 5.32 Å². The lowest BCUT2D eigenvalue weighted by atomic mass is 10.0. The molecule has 0 heterocycles. The molecule has 1 N–H and O–H groups in total. The van der Waals surface area contributed by atoms with Crippen LogP contribution in [0.4, 0.5) is 4.79 Å². The predicted molar refractivity (Wildman–Crippen MR) is 89.9 cm³/mol. The summed E-state index contributed by atoms with van der Waals surface area (Å²) < 4.78 is 10.6. The number of hydrogen-bond donors (Lipinski definition) is 1. The van der Waals surface area contributed by atoms with Crippen LogP contribution in [-0.4, -0.2) is 23.3 Å². The van der Waals surface area contributed by atoms with Crippen molar-refractivity contribution in [3.63, 3.8) is 0 Å². The number of rotatable bonds is 4. The molecular formula is C18H31NO4. The molecular weight excluding hydrogens is 294 g/mol. The molecule has 0 aromatic heterocycles. The summed E-state index contributed by atoms with van der Waals surface area (Å²) in [6, 6.07) is 0. The van der Waals surface area contributed by atoms with Gasteiger partial charge in [-0.3, -0.25) is 5.32 Å². The fraction of sp³-hybridized carbons (Fsp3) is 0.778. The minimum Gasteiger partial charge on any atom is -0.455 e. The summed E-state index contributed by atoms with van der Waals surface area (Å²) in [4.78, 5) is 24.3. The van der Waals surface area contributed by atoms with Crippen molar-refractivity contribution in [2.75, 3.05) is 0 Å². The van der Waals surface area contributed by atoms with Gasteiger partial charge in [0.25, 0.3) is 0 Å². The molecule has 0 bridgehead atoms. The van der Waals surface area contributed by atoms with Crippen LogP contribution in [-0.2, 0) is 14.3 Å². The highest BCUT2D eigenvalue weighted by molar-refractivity contribution is 5.92. The van der Waals surface area contributed by atoms with Gasteiger partial charge in [-0.05, 0) is 53.9 Å². The zero-order valence-corrected chi connectivity index (χ0v) is 15.3. The summed E-state index contributed by atoms with van der Waals surface area (Å²) in [5.74, 6) is 0.0502. The minimum atomic E-state index is -0.638. The van der Waals surface area contributed by atoms with Gasteiger partial charge >= 0.3 is 12.1 Å². The fourth-order valence-electron chi connectivity index (χ4n) is 2.46. The Labute approximate surface area is 139 Å².